The van der Waals surface area contributed by atoms with Gasteiger partial charge in [0.25, 0.3) is 0 Å². The van der Waals surface area contributed by atoms with Crippen molar-refractivity contribution in [3.63, 3.8) is 0 Å². The van der Waals surface area contributed by atoms with Crippen LogP contribution in [0.5, 0.6) is 0 Å². The maximum absolute atomic E-state index is 13.8. The van der Waals surface area contributed by atoms with Crippen LogP contribution in [-0.4, -0.2) is 30.3 Å². The summed E-state index contributed by atoms with van der Waals surface area (Å²) in [5.41, 5.74) is -3.87. The van der Waals surface area contributed by atoms with Crippen molar-refractivity contribution >= 4 is 29.2 Å². The van der Waals surface area contributed by atoms with Gasteiger partial charge in [0, 0.05) is 12.1 Å². The fourth-order valence-corrected chi connectivity index (χ4v) is 2.23. The van der Waals surface area contributed by atoms with E-state index in [-0.39, 0.29) is 24.6 Å². The van der Waals surface area contributed by atoms with Gasteiger partial charge in [0.15, 0.2) is 0 Å². The average molecular weight is 399 g/mol. The zero-order valence-corrected chi connectivity index (χ0v) is 15.1. The molecule has 0 aromatic heterocycles. The van der Waals surface area contributed by atoms with Crippen LogP contribution in [0.15, 0.2) is 18.2 Å². The van der Waals surface area contributed by atoms with Crippen molar-refractivity contribution in [2.75, 3.05) is 11.9 Å². The molecule has 10 heteroatoms. The average Bonchev–Trinajstić information content (AvgIpc) is 2.48. The van der Waals surface area contributed by atoms with Crippen molar-refractivity contribution in [1.82, 2.24) is 5.32 Å². The number of anilines is 1. The fourth-order valence-electron chi connectivity index (χ4n) is 2.05. The SMILES string of the molecule is CCOC(=O)C(NC(=O)CC(C)C)(Nc1ccc(F)c(Cl)c1)C(F)(F)F. The summed E-state index contributed by atoms with van der Waals surface area (Å²) in [5, 5.41) is 3.13. The zero-order valence-electron chi connectivity index (χ0n) is 14.3. The summed E-state index contributed by atoms with van der Waals surface area (Å²) in [6.07, 6.45) is -5.50. The summed E-state index contributed by atoms with van der Waals surface area (Å²) in [6, 6.07) is 2.65. The molecule has 0 radical (unpaired) electrons. The molecule has 0 aliphatic rings. The first-order valence-corrected chi connectivity index (χ1v) is 8.09. The lowest BCUT2D eigenvalue weighted by Gasteiger charge is -2.35. The Morgan fingerprint density at radius 2 is 1.88 bits per heavy atom. The standard InChI is InChI=1S/C16H19ClF4N2O3/c1-4-26-14(25)15(16(19,20)21,23-13(24)7-9(2)3)22-10-5-6-12(18)11(17)8-10/h5-6,8-9,22H,4,7H2,1-3H3,(H,23,24). The van der Waals surface area contributed by atoms with Gasteiger partial charge in [-0.1, -0.05) is 25.4 Å². The summed E-state index contributed by atoms with van der Waals surface area (Å²) in [6.45, 7) is 4.24. The molecule has 26 heavy (non-hydrogen) atoms. The number of carbonyl (C=O) groups is 2. The Hall–Kier alpha value is -2.03. The van der Waals surface area contributed by atoms with Gasteiger partial charge in [-0.25, -0.2) is 9.18 Å². The minimum absolute atomic E-state index is 0.247. The number of esters is 1. The summed E-state index contributed by atoms with van der Waals surface area (Å²) in [5.74, 6) is -3.85. The highest BCUT2D eigenvalue weighted by atomic mass is 35.5. The largest absolute Gasteiger partial charge is 0.463 e. The molecule has 1 unspecified atom stereocenters. The first-order valence-electron chi connectivity index (χ1n) is 7.71. The number of amides is 1. The third-order valence-electron chi connectivity index (χ3n) is 3.18. The van der Waals surface area contributed by atoms with Crippen LogP contribution in [0.3, 0.4) is 0 Å². The lowest BCUT2D eigenvalue weighted by atomic mass is 10.1. The van der Waals surface area contributed by atoms with Crippen LogP contribution >= 0.6 is 11.6 Å². The van der Waals surface area contributed by atoms with Gasteiger partial charge in [0.1, 0.15) is 5.82 Å². The Morgan fingerprint density at radius 3 is 2.35 bits per heavy atom. The van der Waals surface area contributed by atoms with Crippen LogP contribution in [0.4, 0.5) is 23.2 Å². The predicted octanol–water partition coefficient (Wildman–Crippen LogP) is 3.88. The first kappa shape index (κ1) is 22.0. The monoisotopic (exact) mass is 398 g/mol. The van der Waals surface area contributed by atoms with E-state index in [1.165, 1.54) is 6.92 Å². The molecule has 0 spiro atoms. The Labute approximate surface area is 153 Å². The van der Waals surface area contributed by atoms with E-state index in [4.69, 9.17) is 11.6 Å². The van der Waals surface area contributed by atoms with Crippen LogP contribution < -0.4 is 10.6 Å². The third-order valence-corrected chi connectivity index (χ3v) is 3.47. The van der Waals surface area contributed by atoms with E-state index in [1.54, 1.807) is 19.2 Å². The second kappa shape index (κ2) is 8.57. The quantitative estimate of drug-likeness (QED) is 0.415. The van der Waals surface area contributed by atoms with E-state index in [0.717, 1.165) is 18.2 Å². The normalized spacial score (nSPS) is 13.9. The van der Waals surface area contributed by atoms with E-state index < -0.39 is 34.6 Å². The number of rotatable bonds is 7. The number of ether oxygens (including phenoxy) is 1. The number of benzene rings is 1. The molecule has 0 fully saturated rings. The molecule has 0 aliphatic carbocycles. The molecule has 1 aromatic rings. The molecule has 0 saturated carbocycles. The summed E-state index contributed by atoms with van der Waals surface area (Å²) in [4.78, 5) is 24.2. The number of carbonyl (C=O) groups excluding carboxylic acids is 2. The first-order chi connectivity index (χ1) is 11.9. The Balaban J connectivity index is 3.38. The van der Waals surface area contributed by atoms with Crippen LogP contribution in [0.1, 0.15) is 27.2 Å². The van der Waals surface area contributed by atoms with E-state index in [2.05, 4.69) is 4.74 Å². The van der Waals surface area contributed by atoms with Crippen molar-refractivity contribution in [1.29, 1.82) is 0 Å². The van der Waals surface area contributed by atoms with Gasteiger partial charge in [0.05, 0.1) is 11.6 Å². The Kier molecular flexibility index (Phi) is 7.25. The highest BCUT2D eigenvalue weighted by Crippen LogP contribution is 2.34. The zero-order chi connectivity index (χ0) is 20.1. The number of halogens is 5. The second-order valence-corrected chi connectivity index (χ2v) is 6.28. The predicted molar refractivity (Wildman–Crippen MR) is 88.0 cm³/mol. The summed E-state index contributed by atoms with van der Waals surface area (Å²) < 4.78 is 59.3. The van der Waals surface area contributed by atoms with Gasteiger partial charge in [-0.3, -0.25) is 4.79 Å². The molecular weight excluding hydrogens is 380 g/mol. The molecule has 146 valence electrons. The molecule has 1 atom stereocenters. The lowest BCUT2D eigenvalue weighted by Crippen LogP contribution is -2.69. The number of hydrogen-bond donors (Lipinski definition) is 2. The Bertz CT molecular complexity index is 667. The topological polar surface area (TPSA) is 67.4 Å². The molecule has 0 saturated heterocycles. The molecule has 0 heterocycles. The van der Waals surface area contributed by atoms with Crippen LogP contribution in [0, 0.1) is 11.7 Å². The highest BCUT2D eigenvalue weighted by molar-refractivity contribution is 6.31. The second-order valence-electron chi connectivity index (χ2n) is 5.87. The highest BCUT2D eigenvalue weighted by Gasteiger charge is 2.63. The summed E-state index contributed by atoms with van der Waals surface area (Å²) in [7, 11) is 0. The molecule has 1 rings (SSSR count). The summed E-state index contributed by atoms with van der Waals surface area (Å²) >= 11 is 5.57. The van der Waals surface area contributed by atoms with Gasteiger partial charge >= 0.3 is 17.8 Å². The van der Waals surface area contributed by atoms with E-state index in [1.807, 2.05) is 5.32 Å². The molecular formula is C16H19ClF4N2O3. The fraction of sp³-hybridized carbons (Fsp3) is 0.500. The lowest BCUT2D eigenvalue weighted by molar-refractivity contribution is -0.208. The van der Waals surface area contributed by atoms with Gasteiger partial charge in [0.2, 0.25) is 5.91 Å². The number of nitrogens with one attached hydrogen (secondary N) is 2. The maximum atomic E-state index is 13.8. The minimum Gasteiger partial charge on any atom is -0.463 e. The van der Waals surface area contributed by atoms with Crippen LogP contribution in [-0.2, 0) is 14.3 Å². The molecule has 1 amide bonds. The van der Waals surface area contributed by atoms with E-state index >= 15 is 0 Å². The van der Waals surface area contributed by atoms with Crippen molar-refractivity contribution in [2.24, 2.45) is 5.92 Å². The third kappa shape index (κ3) is 5.23. The van der Waals surface area contributed by atoms with E-state index in [0.29, 0.717) is 0 Å². The maximum Gasteiger partial charge on any atom is 0.441 e. The van der Waals surface area contributed by atoms with Crippen molar-refractivity contribution in [2.45, 2.75) is 39.0 Å². The van der Waals surface area contributed by atoms with Crippen molar-refractivity contribution < 1.29 is 31.9 Å². The minimum atomic E-state index is -5.26. The van der Waals surface area contributed by atoms with Crippen LogP contribution in [0.25, 0.3) is 0 Å². The molecule has 5 nitrogen and oxygen atoms in total. The van der Waals surface area contributed by atoms with Gasteiger partial charge in [-0.05, 0) is 31.0 Å². The molecule has 1 aromatic carbocycles. The van der Waals surface area contributed by atoms with Crippen molar-refractivity contribution in [3.05, 3.63) is 29.0 Å². The number of alkyl halides is 3. The molecule has 0 aliphatic heterocycles. The van der Waals surface area contributed by atoms with Gasteiger partial charge in [-0.15, -0.1) is 0 Å². The smallest absolute Gasteiger partial charge is 0.441 e. The van der Waals surface area contributed by atoms with E-state index in [9.17, 15) is 27.2 Å². The van der Waals surface area contributed by atoms with Crippen molar-refractivity contribution in [3.8, 4) is 0 Å². The molecule has 2 N–H and O–H groups in total. The Morgan fingerprint density at radius 1 is 1.27 bits per heavy atom. The number of hydrogen-bond acceptors (Lipinski definition) is 4. The van der Waals surface area contributed by atoms with Gasteiger partial charge < -0.3 is 15.4 Å². The van der Waals surface area contributed by atoms with Crippen LogP contribution in [0.2, 0.25) is 5.02 Å². The molecule has 0 bridgehead atoms. The van der Waals surface area contributed by atoms with Gasteiger partial charge in [-0.2, -0.15) is 13.2 Å².